The zero-order chi connectivity index (χ0) is 23.3. The fourth-order valence-electron chi connectivity index (χ4n) is 3.81. The smallest absolute Gasteiger partial charge is 0.301 e. The zero-order valence-electron chi connectivity index (χ0n) is 17.2. The molecule has 2 aromatic carbocycles. The summed E-state index contributed by atoms with van der Waals surface area (Å²) in [5.41, 5.74) is 1.61. The summed E-state index contributed by atoms with van der Waals surface area (Å²) in [6.07, 6.45) is 0.819. The van der Waals surface area contributed by atoms with E-state index in [0.29, 0.717) is 15.1 Å². The molecule has 166 valence electrons. The van der Waals surface area contributed by atoms with Gasteiger partial charge in [0.15, 0.2) is 16.8 Å². The van der Waals surface area contributed by atoms with Gasteiger partial charge in [-0.25, -0.2) is 13.8 Å². The highest BCUT2D eigenvalue weighted by Crippen LogP contribution is 2.45. The standard InChI is InChI=1S/C24H16F2N2O3S2/c1-2-12-5-7-13(8-6-12)21(29)19-20(17-4-3-9-32-17)28(23(31)22(19)30)24-27-16-10-14(25)15(26)11-18(16)33-24/h3-11,20,29H,2H2,1H3/b21-19+. The highest BCUT2D eigenvalue weighted by molar-refractivity contribution is 7.22. The van der Waals surface area contributed by atoms with Crippen molar-refractivity contribution in [2.45, 2.75) is 19.4 Å². The summed E-state index contributed by atoms with van der Waals surface area (Å²) in [6, 6.07) is 11.7. The normalized spacial score (nSPS) is 17.9. The SMILES string of the molecule is CCc1ccc(/C(O)=C2\C(=O)C(=O)N(c3nc4cc(F)c(F)cc4s3)C2c2cccs2)cc1. The van der Waals surface area contributed by atoms with Crippen LogP contribution in [0.5, 0.6) is 0 Å². The molecule has 5 nitrogen and oxygen atoms in total. The second-order valence-electron chi connectivity index (χ2n) is 7.47. The minimum Gasteiger partial charge on any atom is -0.507 e. The highest BCUT2D eigenvalue weighted by atomic mass is 32.1. The topological polar surface area (TPSA) is 70.5 Å². The molecular weight excluding hydrogens is 466 g/mol. The van der Waals surface area contributed by atoms with Gasteiger partial charge in [-0.05, 0) is 29.5 Å². The summed E-state index contributed by atoms with van der Waals surface area (Å²) in [6.45, 7) is 2.01. The molecule has 5 rings (SSSR count). The van der Waals surface area contributed by atoms with Crippen molar-refractivity contribution < 1.29 is 23.5 Å². The number of nitrogens with zero attached hydrogens (tertiary/aromatic N) is 2. The third-order valence-corrected chi connectivity index (χ3v) is 7.46. The van der Waals surface area contributed by atoms with Gasteiger partial charge in [0.1, 0.15) is 11.8 Å². The van der Waals surface area contributed by atoms with E-state index >= 15 is 0 Å². The molecule has 1 atom stereocenters. The molecule has 4 aromatic rings. The van der Waals surface area contributed by atoms with Crippen molar-refractivity contribution in [1.29, 1.82) is 0 Å². The summed E-state index contributed by atoms with van der Waals surface area (Å²) in [5.74, 6) is -4.06. The lowest BCUT2D eigenvalue weighted by Gasteiger charge is -2.21. The number of halogens is 2. The number of amides is 1. The minimum absolute atomic E-state index is 0.0525. The number of carbonyl (C=O) groups excluding carboxylic acids is 2. The van der Waals surface area contributed by atoms with Crippen molar-refractivity contribution in [3.63, 3.8) is 0 Å². The van der Waals surface area contributed by atoms with Crippen LogP contribution < -0.4 is 4.90 Å². The number of fused-ring (bicyclic) bond motifs is 1. The van der Waals surface area contributed by atoms with Crippen molar-refractivity contribution in [3.05, 3.63) is 87.1 Å². The van der Waals surface area contributed by atoms with E-state index in [-0.39, 0.29) is 22.0 Å². The lowest BCUT2D eigenvalue weighted by molar-refractivity contribution is -0.132. The molecule has 2 aromatic heterocycles. The fraction of sp³-hybridized carbons (Fsp3) is 0.125. The summed E-state index contributed by atoms with van der Waals surface area (Å²) in [7, 11) is 0. The van der Waals surface area contributed by atoms with Gasteiger partial charge in [-0.15, -0.1) is 11.3 Å². The van der Waals surface area contributed by atoms with E-state index in [1.165, 1.54) is 16.2 Å². The number of carbonyl (C=O) groups is 2. The van der Waals surface area contributed by atoms with Crippen molar-refractivity contribution in [1.82, 2.24) is 4.98 Å². The molecule has 1 fully saturated rings. The molecule has 0 spiro atoms. The number of aliphatic hydroxyl groups is 1. The van der Waals surface area contributed by atoms with Gasteiger partial charge in [-0.1, -0.05) is 48.6 Å². The Morgan fingerprint density at radius 1 is 1.12 bits per heavy atom. The molecular formula is C24H16F2N2O3S2. The predicted molar refractivity (Wildman–Crippen MR) is 124 cm³/mol. The first-order valence-corrected chi connectivity index (χ1v) is 11.8. The number of thiazole rings is 1. The number of thiophene rings is 1. The molecule has 0 saturated carbocycles. The molecule has 0 bridgehead atoms. The number of benzene rings is 2. The molecule has 1 aliphatic rings. The molecule has 33 heavy (non-hydrogen) atoms. The number of aliphatic hydroxyl groups excluding tert-OH is 1. The second-order valence-corrected chi connectivity index (χ2v) is 9.45. The number of rotatable bonds is 4. The molecule has 0 aliphatic carbocycles. The van der Waals surface area contributed by atoms with Crippen molar-refractivity contribution >= 4 is 55.5 Å². The van der Waals surface area contributed by atoms with E-state index in [1.807, 2.05) is 19.1 Å². The number of anilines is 1. The molecule has 9 heteroatoms. The fourth-order valence-corrected chi connectivity index (χ4v) is 5.64. The van der Waals surface area contributed by atoms with Crippen molar-refractivity contribution in [2.75, 3.05) is 4.90 Å². The van der Waals surface area contributed by atoms with Crippen LogP contribution in [-0.2, 0) is 16.0 Å². The number of Topliss-reactive ketones (excluding diaryl/α,β-unsaturated/α-hetero) is 1. The molecule has 1 unspecified atom stereocenters. The first-order valence-electron chi connectivity index (χ1n) is 10.1. The Kier molecular flexibility index (Phi) is 5.30. The van der Waals surface area contributed by atoms with Gasteiger partial charge in [-0.3, -0.25) is 14.5 Å². The molecule has 1 saturated heterocycles. The van der Waals surface area contributed by atoms with E-state index in [0.717, 1.165) is 35.5 Å². The Hall–Kier alpha value is -3.43. The maximum absolute atomic E-state index is 13.7. The molecule has 0 radical (unpaired) electrons. The van der Waals surface area contributed by atoms with Gasteiger partial charge >= 0.3 is 5.91 Å². The average Bonchev–Trinajstić information content (AvgIpc) is 3.53. The van der Waals surface area contributed by atoms with Gasteiger partial charge in [0.2, 0.25) is 0 Å². The van der Waals surface area contributed by atoms with Gasteiger partial charge in [0, 0.05) is 16.5 Å². The van der Waals surface area contributed by atoms with Crippen LogP contribution in [0.3, 0.4) is 0 Å². The molecule has 1 aliphatic heterocycles. The van der Waals surface area contributed by atoms with Crippen molar-refractivity contribution in [3.8, 4) is 0 Å². The van der Waals surface area contributed by atoms with E-state index in [2.05, 4.69) is 4.98 Å². The van der Waals surface area contributed by atoms with Crippen LogP contribution in [0.25, 0.3) is 16.0 Å². The van der Waals surface area contributed by atoms with Gasteiger partial charge in [0.05, 0.1) is 15.8 Å². The first-order chi connectivity index (χ1) is 15.9. The van der Waals surface area contributed by atoms with Crippen LogP contribution in [0, 0.1) is 11.6 Å². The molecule has 1 N–H and O–H groups in total. The maximum atomic E-state index is 13.7. The summed E-state index contributed by atoms with van der Waals surface area (Å²) >= 11 is 2.30. The quantitative estimate of drug-likeness (QED) is 0.226. The zero-order valence-corrected chi connectivity index (χ0v) is 18.8. The lowest BCUT2D eigenvalue weighted by Crippen LogP contribution is -2.28. The number of hydrogen-bond acceptors (Lipinski definition) is 6. The number of aromatic nitrogens is 1. The third-order valence-electron chi connectivity index (χ3n) is 5.52. The van der Waals surface area contributed by atoms with E-state index in [4.69, 9.17) is 0 Å². The van der Waals surface area contributed by atoms with Gasteiger partial charge in [-0.2, -0.15) is 0 Å². The van der Waals surface area contributed by atoms with Crippen molar-refractivity contribution in [2.24, 2.45) is 0 Å². The van der Waals surface area contributed by atoms with Crippen LogP contribution in [0.1, 0.15) is 29.0 Å². The van der Waals surface area contributed by atoms with Gasteiger partial charge in [0.25, 0.3) is 5.78 Å². The van der Waals surface area contributed by atoms with Crippen LogP contribution >= 0.6 is 22.7 Å². The number of hydrogen-bond donors (Lipinski definition) is 1. The summed E-state index contributed by atoms with van der Waals surface area (Å²) < 4.78 is 27.8. The summed E-state index contributed by atoms with van der Waals surface area (Å²) in [4.78, 5) is 32.4. The molecule has 1 amide bonds. The Balaban J connectivity index is 1.69. The lowest BCUT2D eigenvalue weighted by atomic mass is 9.99. The third kappa shape index (κ3) is 3.53. The van der Waals surface area contributed by atoms with Crippen LogP contribution in [-0.4, -0.2) is 21.8 Å². The largest absolute Gasteiger partial charge is 0.507 e. The Bertz CT molecular complexity index is 1390. The minimum atomic E-state index is -1.05. The van der Waals surface area contributed by atoms with E-state index in [9.17, 15) is 23.5 Å². The Morgan fingerprint density at radius 3 is 2.52 bits per heavy atom. The second kappa shape index (κ2) is 8.17. The predicted octanol–water partition coefficient (Wildman–Crippen LogP) is 5.82. The van der Waals surface area contributed by atoms with E-state index < -0.39 is 29.4 Å². The number of aryl methyl sites for hydroxylation is 1. The average molecular weight is 483 g/mol. The summed E-state index contributed by atoms with van der Waals surface area (Å²) in [5, 5.41) is 13.0. The Labute approximate surface area is 195 Å². The highest BCUT2D eigenvalue weighted by Gasteiger charge is 2.48. The van der Waals surface area contributed by atoms with Gasteiger partial charge < -0.3 is 5.11 Å². The molecule has 3 heterocycles. The monoisotopic (exact) mass is 482 g/mol. The van der Waals surface area contributed by atoms with Crippen LogP contribution in [0.2, 0.25) is 0 Å². The van der Waals surface area contributed by atoms with Crippen LogP contribution in [0.15, 0.2) is 59.5 Å². The van der Waals surface area contributed by atoms with Crippen LogP contribution in [0.4, 0.5) is 13.9 Å². The maximum Gasteiger partial charge on any atom is 0.301 e. The Morgan fingerprint density at radius 2 is 1.85 bits per heavy atom. The first kappa shape index (κ1) is 21.4. The van der Waals surface area contributed by atoms with E-state index in [1.54, 1.807) is 29.6 Å². The number of ketones is 1.